The van der Waals surface area contributed by atoms with E-state index in [1.54, 1.807) is 0 Å². The molecular formula is C30H31N5O2. The Bertz CT molecular complexity index is 1580. The summed E-state index contributed by atoms with van der Waals surface area (Å²) in [5.41, 5.74) is 5.36. The molecule has 1 N–H and O–H groups in total. The van der Waals surface area contributed by atoms with Crippen LogP contribution in [0.25, 0.3) is 33.2 Å². The van der Waals surface area contributed by atoms with Crippen LogP contribution in [-0.2, 0) is 17.9 Å². The standard InChI is InChI=1S/C30H31N5O2/c1-3-35-26-12-5-4-11-24(26)25-17-23(13-14-27(25)35)31-30(36)22-10-7-15-34(18-22)19-28-32-29(33-37-28)21-9-6-8-20(2)16-21/h4-6,8-9,11-14,16-17,22H,3,7,10,15,18-19H2,1-2H3,(H,31,36). The van der Waals surface area contributed by atoms with E-state index in [-0.39, 0.29) is 11.8 Å². The Morgan fingerprint density at radius 2 is 1.92 bits per heavy atom. The number of anilines is 1. The van der Waals surface area contributed by atoms with Gasteiger partial charge in [-0.25, -0.2) is 0 Å². The number of likely N-dealkylation sites (tertiary alicyclic amines) is 1. The molecule has 0 spiro atoms. The van der Waals surface area contributed by atoms with E-state index in [1.807, 2.05) is 37.3 Å². The second-order valence-electron chi connectivity index (χ2n) is 9.94. The maximum Gasteiger partial charge on any atom is 0.241 e. The van der Waals surface area contributed by atoms with Gasteiger partial charge in [-0.1, -0.05) is 47.1 Å². The third-order valence-corrected chi connectivity index (χ3v) is 7.34. The van der Waals surface area contributed by atoms with Gasteiger partial charge < -0.3 is 14.4 Å². The Balaban J connectivity index is 1.14. The van der Waals surface area contributed by atoms with E-state index in [1.165, 1.54) is 21.8 Å². The van der Waals surface area contributed by atoms with Crippen molar-refractivity contribution in [1.82, 2.24) is 19.6 Å². The predicted molar refractivity (Wildman–Crippen MR) is 146 cm³/mol. The molecule has 1 unspecified atom stereocenters. The van der Waals surface area contributed by atoms with Crippen LogP contribution in [0.5, 0.6) is 0 Å². The van der Waals surface area contributed by atoms with E-state index in [2.05, 4.69) is 68.2 Å². The first-order valence-corrected chi connectivity index (χ1v) is 13.0. The van der Waals surface area contributed by atoms with Crippen molar-refractivity contribution < 1.29 is 9.32 Å². The number of fused-ring (bicyclic) bond motifs is 3. The number of para-hydroxylation sites is 1. The van der Waals surface area contributed by atoms with Crippen LogP contribution in [0.1, 0.15) is 31.2 Å². The van der Waals surface area contributed by atoms with Gasteiger partial charge in [-0.2, -0.15) is 4.98 Å². The van der Waals surface area contributed by atoms with Gasteiger partial charge in [0.25, 0.3) is 0 Å². The summed E-state index contributed by atoms with van der Waals surface area (Å²) < 4.78 is 7.85. The highest BCUT2D eigenvalue weighted by atomic mass is 16.5. The van der Waals surface area contributed by atoms with Crippen molar-refractivity contribution in [1.29, 1.82) is 0 Å². The molecule has 37 heavy (non-hydrogen) atoms. The Kier molecular flexibility index (Phi) is 6.22. The number of aryl methyl sites for hydroxylation is 2. The minimum absolute atomic E-state index is 0.0641. The van der Waals surface area contributed by atoms with Crippen molar-refractivity contribution in [2.45, 2.75) is 39.8 Å². The molecule has 1 atom stereocenters. The zero-order valence-electron chi connectivity index (χ0n) is 21.3. The Labute approximate surface area is 216 Å². The third kappa shape index (κ3) is 4.62. The summed E-state index contributed by atoms with van der Waals surface area (Å²) >= 11 is 0. The summed E-state index contributed by atoms with van der Waals surface area (Å²) in [5.74, 6) is 1.16. The lowest BCUT2D eigenvalue weighted by molar-refractivity contribution is -0.121. The van der Waals surface area contributed by atoms with Crippen molar-refractivity contribution in [3.05, 3.63) is 78.2 Å². The van der Waals surface area contributed by atoms with Crippen LogP contribution < -0.4 is 5.32 Å². The van der Waals surface area contributed by atoms with Gasteiger partial charge in [0.2, 0.25) is 17.6 Å². The predicted octanol–water partition coefficient (Wildman–Crippen LogP) is 6.02. The monoisotopic (exact) mass is 493 g/mol. The molecule has 0 radical (unpaired) electrons. The van der Waals surface area contributed by atoms with Crippen molar-refractivity contribution in [2.24, 2.45) is 5.92 Å². The zero-order valence-corrected chi connectivity index (χ0v) is 21.3. The fraction of sp³-hybridized carbons (Fsp3) is 0.300. The number of amides is 1. The summed E-state index contributed by atoms with van der Waals surface area (Å²) in [6.45, 7) is 7.24. The second kappa shape index (κ2) is 9.82. The number of piperidine rings is 1. The van der Waals surface area contributed by atoms with E-state index < -0.39 is 0 Å². The lowest BCUT2D eigenvalue weighted by Gasteiger charge is -2.30. The van der Waals surface area contributed by atoms with E-state index in [0.29, 0.717) is 24.8 Å². The summed E-state index contributed by atoms with van der Waals surface area (Å²) in [4.78, 5) is 20.1. The van der Waals surface area contributed by atoms with Gasteiger partial charge in [-0.05, 0) is 63.6 Å². The molecule has 2 aromatic heterocycles. The quantitative estimate of drug-likeness (QED) is 0.313. The van der Waals surface area contributed by atoms with Gasteiger partial charge >= 0.3 is 0 Å². The number of hydrogen-bond donors (Lipinski definition) is 1. The minimum atomic E-state index is -0.0828. The van der Waals surface area contributed by atoms with Gasteiger partial charge in [0, 0.05) is 46.1 Å². The average molecular weight is 494 g/mol. The highest BCUT2D eigenvalue weighted by Gasteiger charge is 2.27. The number of carbonyl (C=O) groups excluding carboxylic acids is 1. The maximum atomic E-state index is 13.3. The van der Waals surface area contributed by atoms with Gasteiger partial charge in [-0.15, -0.1) is 0 Å². The fourth-order valence-electron chi connectivity index (χ4n) is 5.54. The molecule has 1 fully saturated rings. The number of rotatable bonds is 6. The number of hydrogen-bond acceptors (Lipinski definition) is 5. The summed E-state index contributed by atoms with van der Waals surface area (Å²) in [5, 5.41) is 9.73. The largest absolute Gasteiger partial charge is 0.341 e. The first-order valence-electron chi connectivity index (χ1n) is 13.0. The first kappa shape index (κ1) is 23.4. The number of benzene rings is 3. The molecule has 1 aliphatic rings. The normalized spacial score (nSPS) is 16.4. The SMILES string of the molecule is CCn1c2ccccc2c2cc(NC(=O)C3CCCN(Cc4nc(-c5cccc(C)c5)no4)C3)ccc21. The van der Waals surface area contributed by atoms with Gasteiger partial charge in [0.15, 0.2) is 0 Å². The van der Waals surface area contributed by atoms with Crippen molar-refractivity contribution >= 4 is 33.4 Å². The molecule has 5 aromatic rings. The summed E-state index contributed by atoms with van der Waals surface area (Å²) in [6.07, 6.45) is 1.83. The number of carbonyl (C=O) groups is 1. The number of nitrogens with zero attached hydrogens (tertiary/aromatic N) is 4. The van der Waals surface area contributed by atoms with E-state index in [9.17, 15) is 4.79 Å². The zero-order chi connectivity index (χ0) is 25.4. The van der Waals surface area contributed by atoms with Crippen LogP contribution >= 0.6 is 0 Å². The fourth-order valence-corrected chi connectivity index (χ4v) is 5.54. The minimum Gasteiger partial charge on any atom is -0.341 e. The van der Waals surface area contributed by atoms with E-state index >= 15 is 0 Å². The average Bonchev–Trinajstić information content (AvgIpc) is 3.51. The summed E-state index contributed by atoms with van der Waals surface area (Å²) in [6, 6.07) is 22.7. The lowest BCUT2D eigenvalue weighted by Crippen LogP contribution is -2.40. The van der Waals surface area contributed by atoms with Gasteiger partial charge in [0.05, 0.1) is 12.5 Å². The highest BCUT2D eigenvalue weighted by molar-refractivity contribution is 6.09. The van der Waals surface area contributed by atoms with Gasteiger partial charge in [-0.3, -0.25) is 9.69 Å². The van der Waals surface area contributed by atoms with E-state index in [4.69, 9.17) is 4.52 Å². The second-order valence-corrected chi connectivity index (χ2v) is 9.94. The van der Waals surface area contributed by atoms with Crippen LogP contribution in [0.3, 0.4) is 0 Å². The topological polar surface area (TPSA) is 76.2 Å². The smallest absolute Gasteiger partial charge is 0.241 e. The Hall–Kier alpha value is -3.97. The number of nitrogens with one attached hydrogen (secondary N) is 1. The number of aromatic nitrogens is 3. The maximum absolute atomic E-state index is 13.3. The molecule has 0 saturated carbocycles. The third-order valence-electron chi connectivity index (χ3n) is 7.34. The molecule has 6 rings (SSSR count). The van der Waals surface area contributed by atoms with Crippen LogP contribution in [0.15, 0.2) is 71.3 Å². The van der Waals surface area contributed by atoms with Crippen LogP contribution in [0, 0.1) is 12.8 Å². The van der Waals surface area contributed by atoms with Crippen molar-refractivity contribution in [3.63, 3.8) is 0 Å². The summed E-state index contributed by atoms with van der Waals surface area (Å²) in [7, 11) is 0. The van der Waals surface area contributed by atoms with Gasteiger partial charge in [0.1, 0.15) is 0 Å². The molecular weight excluding hydrogens is 462 g/mol. The highest BCUT2D eigenvalue weighted by Crippen LogP contribution is 2.31. The Morgan fingerprint density at radius 1 is 1.05 bits per heavy atom. The van der Waals surface area contributed by atoms with Crippen LogP contribution in [-0.4, -0.2) is 38.6 Å². The molecule has 3 aromatic carbocycles. The van der Waals surface area contributed by atoms with Crippen LogP contribution in [0.2, 0.25) is 0 Å². The molecule has 0 bridgehead atoms. The van der Waals surface area contributed by atoms with Crippen LogP contribution in [0.4, 0.5) is 5.69 Å². The first-order chi connectivity index (χ1) is 18.1. The molecule has 188 valence electrons. The molecule has 1 saturated heterocycles. The van der Waals surface area contributed by atoms with E-state index in [0.717, 1.165) is 42.7 Å². The lowest BCUT2D eigenvalue weighted by atomic mass is 9.97. The van der Waals surface area contributed by atoms with Crippen molar-refractivity contribution in [2.75, 3.05) is 18.4 Å². The molecule has 0 aliphatic carbocycles. The molecule has 1 amide bonds. The molecule has 3 heterocycles. The molecule has 1 aliphatic heterocycles. The Morgan fingerprint density at radius 3 is 2.78 bits per heavy atom. The van der Waals surface area contributed by atoms with Crippen molar-refractivity contribution in [3.8, 4) is 11.4 Å². The molecule has 7 nitrogen and oxygen atoms in total. The molecule has 7 heteroatoms.